The fourth-order valence-electron chi connectivity index (χ4n) is 4.68. The van der Waals surface area contributed by atoms with Gasteiger partial charge in [0.2, 0.25) is 15.9 Å². The van der Waals surface area contributed by atoms with E-state index in [1.54, 1.807) is 32.9 Å². The molecular formula is C28H34F3N3O6S. The summed E-state index contributed by atoms with van der Waals surface area (Å²) >= 11 is 0. The summed E-state index contributed by atoms with van der Waals surface area (Å²) in [6.07, 6.45) is -3.38. The molecule has 1 heterocycles. The maximum Gasteiger partial charge on any atom is 0.573 e. The number of ether oxygens (including phenoxy) is 2. The van der Waals surface area contributed by atoms with Crippen molar-refractivity contribution in [1.82, 2.24) is 14.5 Å². The zero-order chi connectivity index (χ0) is 30.2. The Morgan fingerprint density at radius 1 is 1.00 bits per heavy atom. The summed E-state index contributed by atoms with van der Waals surface area (Å²) < 4.78 is 75.5. The number of carbonyl (C=O) groups excluding carboxylic acids is 2. The smallest absolute Gasteiger partial charge is 0.444 e. The van der Waals surface area contributed by atoms with Crippen molar-refractivity contribution in [2.24, 2.45) is 0 Å². The first-order valence-electron chi connectivity index (χ1n) is 13.2. The van der Waals surface area contributed by atoms with Crippen LogP contribution in [0.25, 0.3) is 0 Å². The predicted octanol–water partition coefficient (Wildman–Crippen LogP) is 4.78. The Balaban J connectivity index is 1.57. The number of nitrogens with one attached hydrogen (secondary N) is 1. The van der Waals surface area contributed by atoms with Gasteiger partial charge >= 0.3 is 12.5 Å². The number of alkyl halides is 3. The van der Waals surface area contributed by atoms with Crippen LogP contribution in [0.1, 0.15) is 57.6 Å². The number of amides is 2. The molecule has 224 valence electrons. The van der Waals surface area contributed by atoms with Crippen LogP contribution in [-0.4, -0.2) is 66.8 Å². The van der Waals surface area contributed by atoms with E-state index in [1.165, 1.54) is 36.1 Å². The molecule has 13 heteroatoms. The van der Waals surface area contributed by atoms with Crippen molar-refractivity contribution in [3.8, 4) is 5.75 Å². The number of halogens is 3. The van der Waals surface area contributed by atoms with Gasteiger partial charge in [0.15, 0.2) is 0 Å². The second kappa shape index (κ2) is 11.2. The zero-order valence-corrected chi connectivity index (χ0v) is 24.1. The largest absolute Gasteiger partial charge is 0.573 e. The lowest BCUT2D eigenvalue weighted by Gasteiger charge is -2.46. The summed E-state index contributed by atoms with van der Waals surface area (Å²) in [4.78, 5) is 27.9. The first-order chi connectivity index (χ1) is 19.0. The van der Waals surface area contributed by atoms with Gasteiger partial charge in [0.25, 0.3) is 0 Å². The molecule has 2 aliphatic rings. The molecule has 9 nitrogen and oxygen atoms in total. The van der Waals surface area contributed by atoms with E-state index in [9.17, 15) is 31.2 Å². The molecular weight excluding hydrogens is 563 g/mol. The van der Waals surface area contributed by atoms with Gasteiger partial charge in [-0.05, 0) is 81.8 Å². The summed E-state index contributed by atoms with van der Waals surface area (Å²) in [7, 11) is -4.16. The lowest BCUT2D eigenvalue weighted by molar-refractivity contribution is -0.274. The van der Waals surface area contributed by atoms with Gasteiger partial charge in [0.1, 0.15) is 16.9 Å². The number of benzene rings is 2. The Hall–Kier alpha value is -3.32. The topological polar surface area (TPSA) is 105 Å². The van der Waals surface area contributed by atoms with Crippen LogP contribution in [0.3, 0.4) is 0 Å². The fourth-order valence-corrected chi connectivity index (χ4v) is 6.41. The first-order valence-corrected chi connectivity index (χ1v) is 14.7. The molecule has 1 N–H and O–H groups in total. The first kappa shape index (κ1) is 30.6. The number of carbonyl (C=O) groups is 2. The van der Waals surface area contributed by atoms with Gasteiger partial charge in [0, 0.05) is 19.6 Å². The van der Waals surface area contributed by atoms with Gasteiger partial charge < -0.3 is 19.7 Å². The predicted molar refractivity (Wildman–Crippen MR) is 143 cm³/mol. The molecule has 0 aromatic heterocycles. The van der Waals surface area contributed by atoms with E-state index < -0.39 is 45.3 Å². The number of hydrogen-bond donors (Lipinski definition) is 1. The van der Waals surface area contributed by atoms with Crippen molar-refractivity contribution in [2.45, 2.75) is 75.4 Å². The molecule has 41 heavy (non-hydrogen) atoms. The Bertz CT molecular complexity index is 1370. The summed E-state index contributed by atoms with van der Waals surface area (Å²) in [6, 6.07) is 11.6. The summed E-state index contributed by atoms with van der Waals surface area (Å²) in [5.74, 6) is -0.654. The minimum atomic E-state index is -4.83. The molecule has 1 aliphatic heterocycles. The van der Waals surface area contributed by atoms with Gasteiger partial charge in [0.05, 0.1) is 11.4 Å². The van der Waals surface area contributed by atoms with Crippen LogP contribution in [0.2, 0.25) is 0 Å². The third-order valence-electron chi connectivity index (χ3n) is 6.89. The number of nitrogens with zero attached hydrogens (tertiary/aromatic N) is 2. The SMILES string of the molecule is CC(C)(C)OC(=O)N1CCN(S(=O)(=O)c2ccc(C3CC3)cc2)[C@](C)(C(=O)NCc2ccc(OC(F)(F)F)cc2)C1. The van der Waals surface area contributed by atoms with Gasteiger partial charge in [-0.25, -0.2) is 13.2 Å². The van der Waals surface area contributed by atoms with E-state index in [-0.39, 0.29) is 31.1 Å². The molecule has 4 rings (SSSR count). The quantitative estimate of drug-likeness (QED) is 0.493. The van der Waals surface area contributed by atoms with Crippen molar-refractivity contribution in [3.05, 3.63) is 59.7 Å². The summed E-state index contributed by atoms with van der Waals surface area (Å²) in [5, 5.41) is 2.68. The molecule has 1 saturated heterocycles. The molecule has 2 aromatic rings. The van der Waals surface area contributed by atoms with E-state index >= 15 is 0 Å². The minimum Gasteiger partial charge on any atom is -0.444 e. The lowest BCUT2D eigenvalue weighted by atomic mass is 9.97. The highest BCUT2D eigenvalue weighted by molar-refractivity contribution is 7.89. The van der Waals surface area contributed by atoms with Crippen molar-refractivity contribution in [3.63, 3.8) is 0 Å². The third kappa shape index (κ3) is 7.50. The molecule has 2 fully saturated rings. The molecule has 0 unspecified atom stereocenters. The van der Waals surface area contributed by atoms with Crippen LogP contribution in [-0.2, 0) is 26.1 Å². The summed E-state index contributed by atoms with van der Waals surface area (Å²) in [5.41, 5.74) is -1.00. The molecule has 2 aromatic carbocycles. The Labute approximate surface area is 237 Å². The van der Waals surface area contributed by atoms with Crippen LogP contribution >= 0.6 is 0 Å². The van der Waals surface area contributed by atoms with Gasteiger partial charge in [-0.3, -0.25) is 4.79 Å². The molecule has 1 aliphatic carbocycles. The van der Waals surface area contributed by atoms with E-state index in [1.807, 2.05) is 0 Å². The van der Waals surface area contributed by atoms with Gasteiger partial charge in [-0.1, -0.05) is 24.3 Å². The average molecular weight is 598 g/mol. The number of rotatable bonds is 7. The average Bonchev–Trinajstić information content (AvgIpc) is 3.72. The van der Waals surface area contributed by atoms with E-state index in [2.05, 4.69) is 10.1 Å². The molecule has 0 radical (unpaired) electrons. The van der Waals surface area contributed by atoms with Crippen molar-refractivity contribution in [2.75, 3.05) is 19.6 Å². The number of sulfonamides is 1. The minimum absolute atomic E-state index is 0.0117. The molecule has 0 spiro atoms. The van der Waals surface area contributed by atoms with Crippen molar-refractivity contribution >= 4 is 22.0 Å². The highest BCUT2D eigenvalue weighted by Crippen LogP contribution is 2.40. The molecule has 0 bridgehead atoms. The Morgan fingerprint density at radius 3 is 2.15 bits per heavy atom. The van der Waals surface area contributed by atoms with Crippen LogP contribution in [0.15, 0.2) is 53.4 Å². The maximum absolute atomic E-state index is 13.8. The van der Waals surface area contributed by atoms with Crippen molar-refractivity contribution < 1.29 is 40.7 Å². The summed E-state index contributed by atoms with van der Waals surface area (Å²) in [6.45, 7) is 6.03. The zero-order valence-electron chi connectivity index (χ0n) is 23.3. The van der Waals surface area contributed by atoms with Crippen LogP contribution in [0.5, 0.6) is 5.75 Å². The van der Waals surface area contributed by atoms with E-state index in [0.717, 1.165) is 34.8 Å². The fraction of sp³-hybridized carbons (Fsp3) is 0.500. The van der Waals surface area contributed by atoms with E-state index in [4.69, 9.17) is 4.74 Å². The Kier molecular flexibility index (Phi) is 8.34. The van der Waals surface area contributed by atoms with Gasteiger partial charge in [-0.2, -0.15) is 4.31 Å². The third-order valence-corrected chi connectivity index (χ3v) is 8.92. The van der Waals surface area contributed by atoms with Crippen LogP contribution in [0.4, 0.5) is 18.0 Å². The normalized spacial score (nSPS) is 20.4. The van der Waals surface area contributed by atoms with Crippen molar-refractivity contribution in [1.29, 1.82) is 0 Å². The molecule has 1 saturated carbocycles. The standard InChI is InChI=1S/C28H34F3N3O6S/c1-26(2,3)40-25(36)33-15-16-34(41(37,38)23-13-9-21(10-14-23)20-7-8-20)27(4,18-33)24(35)32-17-19-5-11-22(12-6-19)39-28(29,30)31/h5-6,9-14,20H,7-8,15-18H2,1-4H3,(H,32,35)/t27-/m0/s1. The second-order valence-corrected chi connectivity index (χ2v) is 13.3. The van der Waals surface area contributed by atoms with Crippen LogP contribution < -0.4 is 10.1 Å². The number of piperazine rings is 1. The monoisotopic (exact) mass is 597 g/mol. The molecule has 2 amide bonds. The van der Waals surface area contributed by atoms with Gasteiger partial charge in [-0.15, -0.1) is 13.2 Å². The molecule has 1 atom stereocenters. The lowest BCUT2D eigenvalue weighted by Crippen LogP contribution is -2.69. The highest BCUT2D eigenvalue weighted by atomic mass is 32.2. The second-order valence-electron chi connectivity index (χ2n) is 11.5. The van der Waals surface area contributed by atoms with E-state index in [0.29, 0.717) is 11.5 Å². The maximum atomic E-state index is 13.8. The highest BCUT2D eigenvalue weighted by Gasteiger charge is 2.51. The Morgan fingerprint density at radius 2 is 1.61 bits per heavy atom. The van der Waals surface area contributed by atoms with Crippen LogP contribution in [0, 0.1) is 0 Å². The number of hydrogen-bond acceptors (Lipinski definition) is 6.